The first-order valence-electron chi connectivity index (χ1n) is 7.29. The van der Waals surface area contributed by atoms with Crippen molar-refractivity contribution in [3.63, 3.8) is 0 Å². The number of para-hydroxylation sites is 1. The van der Waals surface area contributed by atoms with Gasteiger partial charge in [-0.3, -0.25) is 4.68 Å². The summed E-state index contributed by atoms with van der Waals surface area (Å²) in [6.07, 6.45) is 0.262. The van der Waals surface area contributed by atoms with Crippen molar-refractivity contribution >= 4 is 11.0 Å². The lowest BCUT2D eigenvalue weighted by Gasteiger charge is -2.09. The molecule has 0 saturated heterocycles. The van der Waals surface area contributed by atoms with Gasteiger partial charge >= 0.3 is 0 Å². The van der Waals surface area contributed by atoms with Crippen molar-refractivity contribution in [3.8, 4) is 0 Å². The Labute approximate surface area is 124 Å². The van der Waals surface area contributed by atoms with E-state index >= 15 is 0 Å². The Bertz CT molecular complexity index is 737. The molecule has 0 saturated carbocycles. The van der Waals surface area contributed by atoms with Gasteiger partial charge in [0.05, 0.1) is 12.2 Å². The van der Waals surface area contributed by atoms with Gasteiger partial charge in [-0.1, -0.05) is 25.1 Å². The predicted octanol–water partition coefficient (Wildman–Crippen LogP) is 3.54. The number of aliphatic hydroxyl groups excluding tert-OH is 1. The van der Waals surface area contributed by atoms with Crippen LogP contribution in [0.2, 0.25) is 0 Å². The fourth-order valence-electron chi connectivity index (χ4n) is 2.84. The van der Waals surface area contributed by atoms with Gasteiger partial charge in [-0.2, -0.15) is 5.10 Å². The third kappa shape index (κ3) is 2.47. The molecule has 0 aliphatic carbocycles. The Morgan fingerprint density at radius 2 is 2.05 bits per heavy atom. The van der Waals surface area contributed by atoms with E-state index in [0.29, 0.717) is 12.3 Å². The third-order valence-corrected chi connectivity index (χ3v) is 4.00. The first kappa shape index (κ1) is 13.9. The molecule has 3 aromatic rings. The lowest BCUT2D eigenvalue weighted by molar-refractivity contribution is 0.127. The number of benzene rings is 1. The highest BCUT2D eigenvalue weighted by molar-refractivity contribution is 5.77. The van der Waals surface area contributed by atoms with E-state index in [9.17, 15) is 5.11 Å². The summed E-state index contributed by atoms with van der Waals surface area (Å²) in [6.45, 7) is 6.59. The second kappa shape index (κ2) is 5.37. The maximum atomic E-state index is 10.4. The van der Waals surface area contributed by atoms with E-state index < -0.39 is 6.10 Å². The maximum absolute atomic E-state index is 10.4. The van der Waals surface area contributed by atoms with Gasteiger partial charge in [0.1, 0.15) is 17.4 Å². The van der Waals surface area contributed by atoms with Crippen LogP contribution in [0.25, 0.3) is 11.0 Å². The first-order valence-corrected chi connectivity index (χ1v) is 7.29. The Morgan fingerprint density at radius 1 is 1.29 bits per heavy atom. The molecule has 2 heterocycles. The van der Waals surface area contributed by atoms with Gasteiger partial charge in [-0.15, -0.1) is 0 Å². The standard InChI is InChI=1S/C17H20N2O2/c1-4-14-11(2)18-19(12(14)3)10-15(20)17-9-13-7-5-6-8-16(13)21-17/h5-9,15,20H,4,10H2,1-3H3. The molecule has 3 rings (SSSR count). The molecule has 0 bridgehead atoms. The highest BCUT2D eigenvalue weighted by Crippen LogP contribution is 2.25. The number of nitrogens with zero attached hydrogens (tertiary/aromatic N) is 2. The van der Waals surface area contributed by atoms with Crippen LogP contribution in [0.3, 0.4) is 0 Å². The normalized spacial score (nSPS) is 13.0. The number of hydrogen-bond donors (Lipinski definition) is 1. The Hall–Kier alpha value is -2.07. The Morgan fingerprint density at radius 3 is 2.71 bits per heavy atom. The molecule has 2 aromatic heterocycles. The van der Waals surface area contributed by atoms with Crippen molar-refractivity contribution in [2.45, 2.75) is 39.8 Å². The average Bonchev–Trinajstić information content (AvgIpc) is 3.01. The zero-order valence-corrected chi connectivity index (χ0v) is 12.6. The maximum Gasteiger partial charge on any atom is 0.135 e. The topological polar surface area (TPSA) is 51.2 Å². The summed E-state index contributed by atoms with van der Waals surface area (Å²) in [5, 5.41) is 15.9. The molecule has 0 radical (unpaired) electrons. The summed E-state index contributed by atoms with van der Waals surface area (Å²) in [5.74, 6) is 0.585. The van der Waals surface area contributed by atoms with Gasteiger partial charge in [0.15, 0.2) is 0 Å². The molecule has 21 heavy (non-hydrogen) atoms. The van der Waals surface area contributed by atoms with E-state index in [1.165, 1.54) is 5.56 Å². The summed E-state index contributed by atoms with van der Waals surface area (Å²) >= 11 is 0. The Kier molecular flexibility index (Phi) is 3.55. The van der Waals surface area contributed by atoms with E-state index in [1.54, 1.807) is 0 Å². The quantitative estimate of drug-likeness (QED) is 0.797. The molecule has 0 amide bonds. The molecule has 4 nitrogen and oxygen atoms in total. The van der Waals surface area contributed by atoms with Gasteiger partial charge in [0, 0.05) is 11.1 Å². The number of hydrogen-bond acceptors (Lipinski definition) is 3. The molecule has 0 aliphatic heterocycles. The molecule has 0 fully saturated rings. The van der Waals surface area contributed by atoms with Gasteiger partial charge in [0.2, 0.25) is 0 Å². The number of rotatable bonds is 4. The summed E-state index contributed by atoms with van der Waals surface area (Å²) in [4.78, 5) is 0. The number of fused-ring (bicyclic) bond motifs is 1. The highest BCUT2D eigenvalue weighted by atomic mass is 16.4. The zero-order valence-electron chi connectivity index (χ0n) is 12.6. The van der Waals surface area contributed by atoms with Gasteiger partial charge in [0.25, 0.3) is 0 Å². The van der Waals surface area contributed by atoms with Crippen LogP contribution < -0.4 is 0 Å². The van der Waals surface area contributed by atoms with Crippen LogP contribution in [0, 0.1) is 13.8 Å². The minimum atomic E-state index is -0.694. The van der Waals surface area contributed by atoms with E-state index in [4.69, 9.17) is 4.42 Å². The lowest BCUT2D eigenvalue weighted by atomic mass is 10.1. The van der Waals surface area contributed by atoms with Crippen molar-refractivity contribution < 1.29 is 9.52 Å². The van der Waals surface area contributed by atoms with Crippen LogP contribution in [0.5, 0.6) is 0 Å². The van der Waals surface area contributed by atoms with Crippen LogP contribution in [0.1, 0.15) is 35.7 Å². The zero-order chi connectivity index (χ0) is 15.0. The molecule has 0 aliphatic rings. The molecule has 1 unspecified atom stereocenters. The van der Waals surface area contributed by atoms with E-state index in [2.05, 4.69) is 12.0 Å². The Balaban J connectivity index is 1.87. The number of aromatic nitrogens is 2. The predicted molar refractivity (Wildman–Crippen MR) is 82.3 cm³/mol. The van der Waals surface area contributed by atoms with E-state index in [-0.39, 0.29) is 0 Å². The van der Waals surface area contributed by atoms with E-state index in [1.807, 2.05) is 48.9 Å². The molecule has 1 aromatic carbocycles. The van der Waals surface area contributed by atoms with Crippen LogP contribution in [-0.2, 0) is 13.0 Å². The average molecular weight is 284 g/mol. The largest absolute Gasteiger partial charge is 0.458 e. The van der Waals surface area contributed by atoms with Gasteiger partial charge in [-0.25, -0.2) is 0 Å². The molecular weight excluding hydrogens is 264 g/mol. The molecule has 1 atom stereocenters. The fraction of sp³-hybridized carbons (Fsp3) is 0.353. The smallest absolute Gasteiger partial charge is 0.135 e. The minimum Gasteiger partial charge on any atom is -0.458 e. The van der Waals surface area contributed by atoms with E-state index in [0.717, 1.165) is 28.8 Å². The number of furan rings is 1. The summed E-state index contributed by atoms with van der Waals surface area (Å²) in [6, 6.07) is 9.67. The van der Waals surface area contributed by atoms with Crippen molar-refractivity contribution in [1.29, 1.82) is 0 Å². The molecule has 4 heteroatoms. The summed E-state index contributed by atoms with van der Waals surface area (Å²) < 4.78 is 7.58. The monoisotopic (exact) mass is 284 g/mol. The first-order chi connectivity index (χ1) is 10.1. The second-order valence-electron chi connectivity index (χ2n) is 5.39. The van der Waals surface area contributed by atoms with Crippen LogP contribution in [0.15, 0.2) is 34.7 Å². The summed E-state index contributed by atoms with van der Waals surface area (Å²) in [7, 11) is 0. The number of aliphatic hydroxyl groups is 1. The molecule has 0 spiro atoms. The van der Waals surface area contributed by atoms with Crippen molar-refractivity contribution in [1.82, 2.24) is 9.78 Å². The summed E-state index contributed by atoms with van der Waals surface area (Å²) in [5.41, 5.74) is 4.21. The lowest BCUT2D eigenvalue weighted by Crippen LogP contribution is -2.11. The molecular formula is C17H20N2O2. The van der Waals surface area contributed by atoms with Gasteiger partial charge < -0.3 is 9.52 Å². The van der Waals surface area contributed by atoms with Crippen LogP contribution in [-0.4, -0.2) is 14.9 Å². The fourth-order valence-corrected chi connectivity index (χ4v) is 2.84. The SMILES string of the molecule is CCc1c(C)nn(CC(O)c2cc3ccccc3o2)c1C. The second-order valence-corrected chi connectivity index (χ2v) is 5.39. The van der Waals surface area contributed by atoms with Crippen LogP contribution in [0.4, 0.5) is 0 Å². The minimum absolute atomic E-state index is 0.409. The van der Waals surface area contributed by atoms with Gasteiger partial charge in [-0.05, 0) is 38.0 Å². The van der Waals surface area contributed by atoms with Crippen molar-refractivity contribution in [2.75, 3.05) is 0 Å². The van der Waals surface area contributed by atoms with Crippen molar-refractivity contribution in [2.24, 2.45) is 0 Å². The van der Waals surface area contributed by atoms with Crippen LogP contribution >= 0.6 is 0 Å². The van der Waals surface area contributed by atoms with Crippen molar-refractivity contribution in [3.05, 3.63) is 53.0 Å². The third-order valence-electron chi connectivity index (χ3n) is 4.00. The number of aryl methyl sites for hydroxylation is 1. The molecule has 1 N–H and O–H groups in total. The molecule has 110 valence electrons. The highest BCUT2D eigenvalue weighted by Gasteiger charge is 2.17.